The SMILES string of the molecule is COc1cc(-c2cn(C)c(=O)c3cnccc23)cc(OC)c1CN1CC(CC(=O)NC2CCC(Oc3ccc4c(c3)C(=O)N(C3CCC(=O)NC3=O)C4=O)CC2)C1. The maximum Gasteiger partial charge on any atom is 0.262 e. The maximum atomic E-state index is 13.2. The fraction of sp³-hybridized carbons (Fsp3) is 0.405. The number of ether oxygens (including phenoxy) is 3. The van der Waals surface area contributed by atoms with Crippen molar-refractivity contribution in [2.45, 2.75) is 69.7 Å². The van der Waals surface area contributed by atoms with Gasteiger partial charge in [0.25, 0.3) is 17.4 Å². The number of carbonyl (C=O) groups excluding carboxylic acids is 5. The van der Waals surface area contributed by atoms with Gasteiger partial charge >= 0.3 is 0 Å². The van der Waals surface area contributed by atoms with E-state index in [0.717, 1.165) is 52.9 Å². The highest BCUT2D eigenvalue weighted by atomic mass is 16.5. The molecule has 0 radical (unpaired) electrons. The lowest BCUT2D eigenvalue weighted by Gasteiger charge is -2.40. The van der Waals surface area contributed by atoms with Crippen LogP contribution in [0.15, 0.2) is 59.8 Å². The molecule has 1 aliphatic carbocycles. The number of aromatic nitrogens is 2. The third-order valence-electron chi connectivity index (χ3n) is 11.5. The van der Waals surface area contributed by atoms with Crippen LogP contribution in [0.2, 0.25) is 0 Å². The molecule has 1 unspecified atom stereocenters. The van der Waals surface area contributed by atoms with Crippen LogP contribution in [-0.4, -0.2) is 94.4 Å². The van der Waals surface area contributed by atoms with Crippen molar-refractivity contribution in [1.82, 2.24) is 30.0 Å². The number of benzene rings is 2. The summed E-state index contributed by atoms with van der Waals surface area (Å²) >= 11 is 0. The normalized spacial score (nSPS) is 21.2. The van der Waals surface area contributed by atoms with Crippen molar-refractivity contribution in [2.75, 3.05) is 27.3 Å². The molecule has 15 nitrogen and oxygen atoms in total. The number of amides is 5. The summed E-state index contributed by atoms with van der Waals surface area (Å²) in [5.41, 5.74) is 2.90. The minimum Gasteiger partial charge on any atom is -0.496 e. The molecule has 4 aromatic rings. The molecule has 2 N–H and O–H groups in total. The van der Waals surface area contributed by atoms with Crippen LogP contribution in [0, 0.1) is 5.92 Å². The molecular weight excluding hydrogens is 732 g/mol. The van der Waals surface area contributed by atoms with E-state index in [1.807, 2.05) is 24.4 Å². The molecule has 15 heteroatoms. The van der Waals surface area contributed by atoms with Crippen LogP contribution in [0.25, 0.3) is 21.9 Å². The average molecular weight is 777 g/mol. The Balaban J connectivity index is 0.812. The minimum atomic E-state index is -1.02. The van der Waals surface area contributed by atoms with E-state index in [2.05, 4.69) is 20.5 Å². The number of fused-ring (bicyclic) bond motifs is 2. The number of hydrogen-bond donors (Lipinski definition) is 2. The Bertz CT molecular complexity index is 2340. The molecule has 4 aliphatic rings. The number of imide groups is 2. The van der Waals surface area contributed by atoms with Crippen LogP contribution in [0.3, 0.4) is 0 Å². The molecule has 2 aromatic heterocycles. The lowest BCUT2D eigenvalue weighted by Crippen LogP contribution is -2.54. The monoisotopic (exact) mass is 776 g/mol. The second-order valence-electron chi connectivity index (χ2n) is 15.3. The van der Waals surface area contributed by atoms with E-state index in [4.69, 9.17) is 14.2 Å². The lowest BCUT2D eigenvalue weighted by molar-refractivity contribution is -0.136. The van der Waals surface area contributed by atoms with Gasteiger partial charge in [-0.15, -0.1) is 0 Å². The number of rotatable bonds is 11. The molecule has 2 saturated heterocycles. The summed E-state index contributed by atoms with van der Waals surface area (Å²) in [6, 6.07) is 9.55. The molecule has 3 aliphatic heterocycles. The van der Waals surface area contributed by atoms with Crippen LogP contribution in [-0.2, 0) is 28.0 Å². The Morgan fingerprint density at radius 1 is 0.877 bits per heavy atom. The number of likely N-dealkylation sites (tertiary alicyclic amines) is 1. The number of nitrogens with one attached hydrogen (secondary N) is 2. The zero-order chi connectivity index (χ0) is 40.0. The molecule has 5 amide bonds. The maximum absolute atomic E-state index is 13.2. The van der Waals surface area contributed by atoms with E-state index >= 15 is 0 Å². The number of methoxy groups -OCH3 is 2. The first-order valence-electron chi connectivity index (χ1n) is 19.2. The van der Waals surface area contributed by atoms with Gasteiger partial charge in [-0.25, -0.2) is 0 Å². The summed E-state index contributed by atoms with van der Waals surface area (Å²) in [6.07, 6.45) is 8.48. The first-order valence-corrected chi connectivity index (χ1v) is 19.2. The zero-order valence-electron chi connectivity index (χ0n) is 32.0. The minimum absolute atomic E-state index is 0.0330. The van der Waals surface area contributed by atoms with E-state index in [1.54, 1.807) is 56.4 Å². The van der Waals surface area contributed by atoms with Crippen LogP contribution in [0.1, 0.15) is 71.2 Å². The topological polar surface area (TPSA) is 178 Å². The quantitative estimate of drug-likeness (QED) is 0.214. The molecule has 2 aromatic carbocycles. The highest BCUT2D eigenvalue weighted by molar-refractivity contribution is 6.23. The molecule has 3 fully saturated rings. The molecular formula is C42H44N6O9. The van der Waals surface area contributed by atoms with Crippen molar-refractivity contribution in [3.05, 3.63) is 82.0 Å². The van der Waals surface area contributed by atoms with Crippen molar-refractivity contribution in [3.63, 3.8) is 0 Å². The summed E-state index contributed by atoms with van der Waals surface area (Å²) in [5, 5.41) is 6.75. The number of carbonyl (C=O) groups is 5. The second-order valence-corrected chi connectivity index (χ2v) is 15.3. The molecule has 1 saturated carbocycles. The van der Waals surface area contributed by atoms with Gasteiger partial charge < -0.3 is 24.1 Å². The molecule has 0 bridgehead atoms. The number of aryl methyl sites for hydroxylation is 1. The van der Waals surface area contributed by atoms with Crippen LogP contribution < -0.4 is 30.4 Å². The molecule has 0 spiro atoms. The van der Waals surface area contributed by atoms with Gasteiger partial charge in [0.1, 0.15) is 23.3 Å². The largest absolute Gasteiger partial charge is 0.496 e. The van der Waals surface area contributed by atoms with Crippen molar-refractivity contribution >= 4 is 40.3 Å². The number of piperidine rings is 1. The Labute approximate surface area is 328 Å². The number of hydrogen-bond acceptors (Lipinski definition) is 11. The summed E-state index contributed by atoms with van der Waals surface area (Å²) < 4.78 is 19.5. The molecule has 5 heterocycles. The Morgan fingerprint density at radius 2 is 1.60 bits per heavy atom. The molecule has 1 atom stereocenters. The number of pyridine rings is 2. The number of nitrogens with zero attached hydrogens (tertiary/aromatic N) is 4. The second kappa shape index (κ2) is 15.4. The van der Waals surface area contributed by atoms with E-state index < -0.39 is 29.7 Å². The van der Waals surface area contributed by atoms with E-state index in [0.29, 0.717) is 48.4 Å². The van der Waals surface area contributed by atoms with E-state index in [-0.39, 0.29) is 53.5 Å². The van der Waals surface area contributed by atoms with Crippen molar-refractivity contribution in [2.24, 2.45) is 13.0 Å². The van der Waals surface area contributed by atoms with E-state index in [1.165, 1.54) is 0 Å². The van der Waals surface area contributed by atoms with Gasteiger partial charge in [0.15, 0.2) is 0 Å². The van der Waals surface area contributed by atoms with Crippen LogP contribution >= 0.6 is 0 Å². The molecule has 57 heavy (non-hydrogen) atoms. The molecule has 296 valence electrons. The van der Waals surface area contributed by atoms with Gasteiger partial charge in [-0.2, -0.15) is 0 Å². The predicted molar refractivity (Wildman–Crippen MR) is 207 cm³/mol. The summed E-state index contributed by atoms with van der Waals surface area (Å²) in [5.74, 6) is -0.119. The Morgan fingerprint density at radius 3 is 2.30 bits per heavy atom. The first-order chi connectivity index (χ1) is 27.5. The third kappa shape index (κ3) is 7.34. The van der Waals surface area contributed by atoms with Gasteiger partial charge in [-0.05, 0) is 85.4 Å². The highest BCUT2D eigenvalue weighted by Crippen LogP contribution is 2.39. The summed E-state index contributed by atoms with van der Waals surface area (Å²) in [7, 11) is 4.98. The standard InChI is InChI=1S/C42H44N6O9/c1-46-21-32(28-12-13-43-18-31(28)40(46)52)24-15-35(55-2)33(36(16-24)56-3)22-47-19-23(20-47)14-38(50)44-25-4-6-26(7-5-25)57-27-8-9-29-30(17-27)42(54)48(41(29)53)34-10-11-37(49)45-39(34)51/h8-9,12-13,15-18,21,23,25-26,34H,4-7,10-11,14,19-20,22H2,1-3H3,(H,44,50)(H,45,49,51). The zero-order valence-corrected chi connectivity index (χ0v) is 32.0. The van der Waals surface area contributed by atoms with Gasteiger partial charge in [-0.1, -0.05) is 0 Å². The molecule has 8 rings (SSSR count). The average Bonchev–Trinajstić information content (AvgIpc) is 3.43. The van der Waals surface area contributed by atoms with Crippen LogP contribution in [0.4, 0.5) is 0 Å². The third-order valence-corrected chi connectivity index (χ3v) is 11.5. The fourth-order valence-corrected chi connectivity index (χ4v) is 8.59. The highest BCUT2D eigenvalue weighted by Gasteiger charge is 2.45. The Hall–Kier alpha value is -6.09. The summed E-state index contributed by atoms with van der Waals surface area (Å²) in [4.78, 5) is 83.4. The van der Waals surface area contributed by atoms with Gasteiger partial charge in [0.05, 0.1) is 42.4 Å². The van der Waals surface area contributed by atoms with Gasteiger partial charge in [0, 0.05) is 69.7 Å². The smallest absolute Gasteiger partial charge is 0.262 e. The van der Waals surface area contributed by atoms with Crippen molar-refractivity contribution in [3.8, 4) is 28.4 Å². The van der Waals surface area contributed by atoms with Crippen molar-refractivity contribution < 1.29 is 38.2 Å². The Kier molecular flexibility index (Phi) is 10.2. The first kappa shape index (κ1) is 37.8. The van der Waals surface area contributed by atoms with Gasteiger partial charge in [-0.3, -0.25) is 48.9 Å². The van der Waals surface area contributed by atoms with Crippen molar-refractivity contribution in [1.29, 1.82) is 0 Å². The summed E-state index contributed by atoms with van der Waals surface area (Å²) in [6.45, 7) is 2.13. The predicted octanol–water partition coefficient (Wildman–Crippen LogP) is 3.35. The van der Waals surface area contributed by atoms with Crippen LogP contribution in [0.5, 0.6) is 17.2 Å². The fourth-order valence-electron chi connectivity index (χ4n) is 8.59. The van der Waals surface area contributed by atoms with E-state index in [9.17, 15) is 28.8 Å². The van der Waals surface area contributed by atoms with Gasteiger partial charge in [0.2, 0.25) is 17.7 Å². The lowest BCUT2D eigenvalue weighted by atomic mass is 9.91.